The fourth-order valence-corrected chi connectivity index (χ4v) is 2.57. The molecule has 0 aromatic heterocycles. The number of rotatable bonds is 8. The summed E-state index contributed by atoms with van der Waals surface area (Å²) in [4.78, 5) is 11.5. The first-order chi connectivity index (χ1) is 11.7. The Morgan fingerprint density at radius 3 is 2.71 bits per heavy atom. The number of benzene rings is 2. The summed E-state index contributed by atoms with van der Waals surface area (Å²) in [7, 11) is 0. The van der Waals surface area contributed by atoms with E-state index in [0.717, 1.165) is 27.8 Å². The minimum atomic E-state index is -0.376. The highest BCUT2D eigenvalue weighted by molar-refractivity contribution is 9.10. The first-order valence-corrected chi connectivity index (χ1v) is 8.84. The van der Waals surface area contributed by atoms with Crippen molar-refractivity contribution in [3.05, 3.63) is 64.1 Å². The SMILES string of the molecule is CCCOC(=O)NCCc1cc(Br)ccc1OCc1ccccc1. The average molecular weight is 392 g/mol. The third kappa shape index (κ3) is 6.24. The Hall–Kier alpha value is -2.01. The molecule has 0 spiro atoms. The summed E-state index contributed by atoms with van der Waals surface area (Å²) in [5.41, 5.74) is 2.16. The molecule has 1 N–H and O–H groups in total. The van der Waals surface area contributed by atoms with E-state index in [1.165, 1.54) is 0 Å². The van der Waals surface area contributed by atoms with Gasteiger partial charge in [0.1, 0.15) is 12.4 Å². The molecule has 0 radical (unpaired) electrons. The molecule has 2 aromatic carbocycles. The normalized spacial score (nSPS) is 10.2. The fourth-order valence-electron chi connectivity index (χ4n) is 2.16. The summed E-state index contributed by atoms with van der Waals surface area (Å²) in [6, 6.07) is 15.9. The summed E-state index contributed by atoms with van der Waals surface area (Å²) >= 11 is 3.48. The van der Waals surface area contributed by atoms with Crippen LogP contribution >= 0.6 is 15.9 Å². The van der Waals surface area contributed by atoms with E-state index in [1.54, 1.807) is 0 Å². The number of alkyl carbamates (subject to hydrolysis) is 1. The second-order valence-electron chi connectivity index (χ2n) is 5.34. The molecule has 0 unspecified atom stereocenters. The van der Waals surface area contributed by atoms with Gasteiger partial charge in [0.15, 0.2) is 0 Å². The second-order valence-corrected chi connectivity index (χ2v) is 6.25. The molecule has 0 bridgehead atoms. The van der Waals surface area contributed by atoms with Crippen molar-refractivity contribution in [3.8, 4) is 5.75 Å². The Bertz CT molecular complexity index is 646. The van der Waals surface area contributed by atoms with E-state index in [1.807, 2.05) is 55.5 Å². The molecular weight excluding hydrogens is 370 g/mol. The van der Waals surface area contributed by atoms with E-state index in [-0.39, 0.29) is 6.09 Å². The van der Waals surface area contributed by atoms with E-state index in [2.05, 4.69) is 21.2 Å². The van der Waals surface area contributed by atoms with Gasteiger partial charge in [0, 0.05) is 11.0 Å². The highest BCUT2D eigenvalue weighted by atomic mass is 79.9. The molecule has 0 aliphatic heterocycles. The molecule has 2 rings (SSSR count). The number of carbonyl (C=O) groups is 1. The van der Waals surface area contributed by atoms with E-state index in [4.69, 9.17) is 9.47 Å². The summed E-state index contributed by atoms with van der Waals surface area (Å²) in [6.45, 7) is 3.42. The van der Waals surface area contributed by atoms with E-state index < -0.39 is 0 Å². The molecule has 0 atom stereocenters. The molecule has 24 heavy (non-hydrogen) atoms. The molecule has 0 saturated carbocycles. The van der Waals surface area contributed by atoms with Gasteiger partial charge in [0.2, 0.25) is 0 Å². The van der Waals surface area contributed by atoms with Crippen molar-refractivity contribution in [1.82, 2.24) is 5.32 Å². The van der Waals surface area contributed by atoms with E-state index >= 15 is 0 Å². The van der Waals surface area contributed by atoms with E-state index in [9.17, 15) is 4.79 Å². The highest BCUT2D eigenvalue weighted by Crippen LogP contribution is 2.24. The van der Waals surface area contributed by atoms with Crippen LogP contribution in [0.25, 0.3) is 0 Å². The van der Waals surface area contributed by atoms with Crippen molar-refractivity contribution in [1.29, 1.82) is 0 Å². The van der Waals surface area contributed by atoms with E-state index in [0.29, 0.717) is 26.2 Å². The van der Waals surface area contributed by atoms with Gasteiger partial charge in [-0.15, -0.1) is 0 Å². The van der Waals surface area contributed by atoms with Crippen LogP contribution in [0.3, 0.4) is 0 Å². The van der Waals surface area contributed by atoms with Gasteiger partial charge in [0.05, 0.1) is 6.61 Å². The maximum atomic E-state index is 11.5. The topological polar surface area (TPSA) is 47.6 Å². The Kier molecular flexibility index (Phi) is 7.62. The van der Waals surface area contributed by atoms with Gasteiger partial charge in [-0.3, -0.25) is 0 Å². The highest BCUT2D eigenvalue weighted by Gasteiger charge is 2.07. The predicted molar refractivity (Wildman–Crippen MR) is 98.3 cm³/mol. The lowest BCUT2D eigenvalue weighted by Crippen LogP contribution is -2.26. The molecule has 5 heteroatoms. The van der Waals surface area contributed by atoms with Crippen LogP contribution < -0.4 is 10.1 Å². The molecule has 1 amide bonds. The Morgan fingerprint density at radius 1 is 1.17 bits per heavy atom. The van der Waals surface area contributed by atoms with Gasteiger partial charge in [-0.1, -0.05) is 53.2 Å². The summed E-state index contributed by atoms with van der Waals surface area (Å²) in [5.74, 6) is 0.825. The summed E-state index contributed by atoms with van der Waals surface area (Å²) in [5, 5.41) is 2.75. The lowest BCUT2D eigenvalue weighted by molar-refractivity contribution is 0.146. The molecule has 128 valence electrons. The zero-order valence-corrected chi connectivity index (χ0v) is 15.3. The third-order valence-corrected chi connectivity index (χ3v) is 3.85. The lowest BCUT2D eigenvalue weighted by atomic mass is 10.1. The number of nitrogens with one attached hydrogen (secondary N) is 1. The van der Waals surface area contributed by atoms with Crippen molar-refractivity contribution in [2.75, 3.05) is 13.2 Å². The maximum absolute atomic E-state index is 11.5. The number of hydrogen-bond donors (Lipinski definition) is 1. The molecule has 4 nitrogen and oxygen atoms in total. The van der Waals surface area contributed by atoms with Crippen LogP contribution in [0.1, 0.15) is 24.5 Å². The second kappa shape index (κ2) is 9.98. The zero-order chi connectivity index (χ0) is 17.2. The lowest BCUT2D eigenvalue weighted by Gasteiger charge is -2.13. The minimum absolute atomic E-state index is 0.376. The smallest absolute Gasteiger partial charge is 0.407 e. The first kappa shape index (κ1) is 18.3. The van der Waals surface area contributed by atoms with Crippen molar-refractivity contribution in [2.24, 2.45) is 0 Å². The van der Waals surface area contributed by atoms with Crippen LogP contribution in [-0.2, 0) is 17.8 Å². The Balaban J connectivity index is 1.91. The number of ether oxygens (including phenoxy) is 2. The third-order valence-electron chi connectivity index (χ3n) is 3.36. The Labute approximate surface area is 151 Å². The average Bonchev–Trinajstić information content (AvgIpc) is 2.60. The van der Waals surface area contributed by atoms with Crippen molar-refractivity contribution in [3.63, 3.8) is 0 Å². The van der Waals surface area contributed by atoms with Crippen LogP contribution in [0.4, 0.5) is 4.79 Å². The molecule has 0 heterocycles. The van der Waals surface area contributed by atoms with Crippen molar-refractivity contribution >= 4 is 22.0 Å². The van der Waals surface area contributed by atoms with Gasteiger partial charge in [0.25, 0.3) is 0 Å². The summed E-state index contributed by atoms with van der Waals surface area (Å²) in [6.07, 6.45) is 1.11. The molecule has 0 aliphatic rings. The molecule has 0 aliphatic carbocycles. The summed E-state index contributed by atoms with van der Waals surface area (Å²) < 4.78 is 11.9. The first-order valence-electron chi connectivity index (χ1n) is 8.05. The molecule has 0 fully saturated rings. The maximum Gasteiger partial charge on any atom is 0.407 e. The fraction of sp³-hybridized carbons (Fsp3) is 0.316. The van der Waals surface area contributed by atoms with Crippen LogP contribution in [0.2, 0.25) is 0 Å². The molecule has 2 aromatic rings. The number of halogens is 1. The van der Waals surface area contributed by atoms with Crippen LogP contribution in [0.5, 0.6) is 5.75 Å². The van der Waals surface area contributed by atoms with Crippen LogP contribution in [-0.4, -0.2) is 19.2 Å². The predicted octanol–water partition coefficient (Wildman–Crippen LogP) is 4.71. The minimum Gasteiger partial charge on any atom is -0.489 e. The van der Waals surface area contributed by atoms with Gasteiger partial charge < -0.3 is 14.8 Å². The molecule has 0 saturated heterocycles. The van der Waals surface area contributed by atoms with Crippen molar-refractivity contribution < 1.29 is 14.3 Å². The monoisotopic (exact) mass is 391 g/mol. The van der Waals surface area contributed by atoms with Gasteiger partial charge in [-0.05, 0) is 42.2 Å². The number of amides is 1. The quantitative estimate of drug-likeness (QED) is 0.708. The van der Waals surface area contributed by atoms with Crippen molar-refractivity contribution in [2.45, 2.75) is 26.4 Å². The standard InChI is InChI=1S/C19H22BrNO3/c1-2-12-23-19(22)21-11-10-16-13-17(20)8-9-18(16)24-14-15-6-4-3-5-7-15/h3-9,13H,2,10-12,14H2,1H3,(H,21,22). The number of carbonyl (C=O) groups excluding carboxylic acids is 1. The van der Waals surface area contributed by atoms with Gasteiger partial charge in [-0.2, -0.15) is 0 Å². The number of hydrogen-bond acceptors (Lipinski definition) is 3. The van der Waals surface area contributed by atoms with Crippen LogP contribution in [0.15, 0.2) is 53.0 Å². The zero-order valence-electron chi connectivity index (χ0n) is 13.8. The van der Waals surface area contributed by atoms with Crippen LogP contribution in [0, 0.1) is 0 Å². The molecular formula is C19H22BrNO3. The largest absolute Gasteiger partial charge is 0.489 e. The van der Waals surface area contributed by atoms with Gasteiger partial charge >= 0.3 is 6.09 Å². The Morgan fingerprint density at radius 2 is 1.96 bits per heavy atom. The van der Waals surface area contributed by atoms with Gasteiger partial charge in [-0.25, -0.2) is 4.79 Å².